The maximum absolute atomic E-state index is 4.49. The molecule has 3 heteroatoms. The molecule has 1 radical (unpaired) electrons. The third kappa shape index (κ3) is 1.51. The van der Waals surface area contributed by atoms with Gasteiger partial charge in [0.15, 0.2) is 0 Å². The Bertz CT molecular complexity index is 235. The Balaban J connectivity index is 2.91. The monoisotopic (exact) mass is 151 g/mol. The Hall–Kier alpha value is -0.960. The van der Waals surface area contributed by atoms with Crippen LogP contribution in [0.2, 0.25) is 0 Å². The van der Waals surface area contributed by atoms with Gasteiger partial charge < -0.3 is 5.32 Å². The maximum Gasteiger partial charge on any atom is 0.140 e. The van der Waals surface area contributed by atoms with Gasteiger partial charge in [0.1, 0.15) is 11.3 Å². The summed E-state index contributed by atoms with van der Waals surface area (Å²) in [7, 11) is 0. The predicted octanol–water partition coefficient (Wildman–Crippen LogP) is 1.64. The van der Waals surface area contributed by atoms with E-state index in [1.54, 1.807) is 6.20 Å². The lowest BCUT2D eigenvalue weighted by Gasteiger charge is -1.99. The molecular weight excluding hydrogens is 144 g/mol. The summed E-state index contributed by atoms with van der Waals surface area (Å²) < 4.78 is 0. The molecule has 0 bridgehead atoms. The standard InChI is InChI=1S/C7H7N2S/c1-6-3-2-4-8-7(6)9-5-10/h2-4H,1H3,(H,8,9,10). The molecule has 1 heterocycles. The largest absolute Gasteiger partial charge is 0.329 e. The van der Waals surface area contributed by atoms with Gasteiger partial charge in [-0.1, -0.05) is 18.3 Å². The normalized spacial score (nSPS) is 8.90. The molecule has 1 N–H and O–H groups in total. The molecule has 51 valence electrons. The first-order chi connectivity index (χ1) is 4.84. The van der Waals surface area contributed by atoms with Crippen molar-refractivity contribution in [1.29, 1.82) is 0 Å². The summed E-state index contributed by atoms with van der Waals surface area (Å²) in [5, 5.41) is 2.73. The summed E-state index contributed by atoms with van der Waals surface area (Å²) in [4.78, 5) is 4.03. The van der Waals surface area contributed by atoms with Gasteiger partial charge in [-0.15, -0.1) is 0 Å². The van der Waals surface area contributed by atoms with Crippen LogP contribution in [-0.4, -0.2) is 10.5 Å². The maximum atomic E-state index is 4.49. The Kier molecular flexibility index (Phi) is 2.34. The first-order valence-corrected chi connectivity index (χ1v) is 3.30. The summed E-state index contributed by atoms with van der Waals surface area (Å²) in [6.07, 6.45) is 1.71. The molecular formula is C7H7N2S. The van der Waals surface area contributed by atoms with E-state index in [4.69, 9.17) is 0 Å². The van der Waals surface area contributed by atoms with Crippen LogP contribution in [0.3, 0.4) is 0 Å². The van der Waals surface area contributed by atoms with Crippen molar-refractivity contribution in [2.24, 2.45) is 0 Å². The van der Waals surface area contributed by atoms with Crippen LogP contribution in [0.1, 0.15) is 5.56 Å². The van der Waals surface area contributed by atoms with Gasteiger partial charge in [0.25, 0.3) is 0 Å². The number of nitrogens with zero attached hydrogens (tertiary/aromatic N) is 1. The highest BCUT2D eigenvalue weighted by Crippen LogP contribution is 2.06. The van der Waals surface area contributed by atoms with Crippen molar-refractivity contribution in [2.75, 3.05) is 5.32 Å². The number of aryl methyl sites for hydroxylation is 1. The summed E-state index contributed by atoms with van der Waals surface area (Å²) >= 11 is 4.49. The van der Waals surface area contributed by atoms with Crippen molar-refractivity contribution in [1.82, 2.24) is 4.98 Å². The van der Waals surface area contributed by atoms with E-state index < -0.39 is 0 Å². The van der Waals surface area contributed by atoms with E-state index in [1.165, 1.54) is 0 Å². The third-order valence-electron chi connectivity index (χ3n) is 1.18. The Morgan fingerprint density at radius 3 is 3.10 bits per heavy atom. The van der Waals surface area contributed by atoms with E-state index in [9.17, 15) is 0 Å². The van der Waals surface area contributed by atoms with Crippen molar-refractivity contribution in [3.05, 3.63) is 23.9 Å². The molecule has 0 amide bonds. The van der Waals surface area contributed by atoms with Crippen molar-refractivity contribution in [3.8, 4) is 0 Å². The van der Waals surface area contributed by atoms with Gasteiger partial charge in [0.2, 0.25) is 0 Å². The molecule has 0 aliphatic heterocycles. The second-order valence-corrected chi connectivity index (χ2v) is 2.10. The van der Waals surface area contributed by atoms with Crippen LogP contribution < -0.4 is 5.32 Å². The molecule has 0 saturated heterocycles. The molecule has 0 atom stereocenters. The van der Waals surface area contributed by atoms with Crippen molar-refractivity contribution < 1.29 is 0 Å². The van der Waals surface area contributed by atoms with Crippen LogP contribution in [0.25, 0.3) is 0 Å². The molecule has 0 aliphatic carbocycles. The Labute approximate surface area is 65.3 Å². The Morgan fingerprint density at radius 1 is 1.70 bits per heavy atom. The van der Waals surface area contributed by atoms with E-state index in [0.29, 0.717) is 0 Å². The van der Waals surface area contributed by atoms with Gasteiger partial charge in [0.05, 0.1) is 0 Å². The molecule has 0 aliphatic rings. The van der Waals surface area contributed by atoms with Gasteiger partial charge in [-0.05, 0) is 18.6 Å². The number of anilines is 1. The molecule has 10 heavy (non-hydrogen) atoms. The minimum absolute atomic E-state index is 0.775. The van der Waals surface area contributed by atoms with E-state index in [0.717, 1.165) is 11.4 Å². The highest BCUT2D eigenvalue weighted by atomic mass is 32.1. The zero-order valence-corrected chi connectivity index (χ0v) is 6.40. The summed E-state index contributed by atoms with van der Waals surface area (Å²) in [6.45, 7) is 1.96. The molecule has 0 saturated carbocycles. The van der Waals surface area contributed by atoms with Crippen LogP contribution in [0.5, 0.6) is 0 Å². The minimum Gasteiger partial charge on any atom is -0.329 e. The van der Waals surface area contributed by atoms with Crippen molar-refractivity contribution >= 4 is 23.5 Å². The molecule has 1 rings (SSSR count). The van der Waals surface area contributed by atoms with Crippen LogP contribution in [0, 0.1) is 6.92 Å². The number of rotatable bonds is 2. The SMILES string of the molecule is Cc1cccnc1N[C]=S. The molecule has 0 aromatic carbocycles. The smallest absolute Gasteiger partial charge is 0.140 e. The van der Waals surface area contributed by atoms with E-state index in [1.807, 2.05) is 19.1 Å². The predicted molar refractivity (Wildman–Crippen MR) is 45.2 cm³/mol. The van der Waals surface area contributed by atoms with Crippen molar-refractivity contribution in [2.45, 2.75) is 6.92 Å². The highest BCUT2D eigenvalue weighted by molar-refractivity contribution is 7.79. The average Bonchev–Trinajstić information content (AvgIpc) is 1.94. The number of aromatic nitrogens is 1. The van der Waals surface area contributed by atoms with E-state index in [2.05, 4.69) is 28.0 Å². The number of hydrogen-bond acceptors (Lipinski definition) is 2. The molecule has 1 aromatic heterocycles. The number of pyridine rings is 1. The number of hydrogen-bond donors (Lipinski definition) is 1. The zero-order valence-electron chi connectivity index (χ0n) is 5.59. The van der Waals surface area contributed by atoms with Gasteiger partial charge >= 0.3 is 0 Å². The molecule has 0 spiro atoms. The van der Waals surface area contributed by atoms with Gasteiger partial charge in [0, 0.05) is 6.20 Å². The third-order valence-corrected chi connectivity index (χ3v) is 1.28. The number of thiocarbonyl (C=S) groups is 1. The summed E-state index contributed by atoms with van der Waals surface area (Å²) in [5.74, 6) is 0.775. The fraction of sp³-hybridized carbons (Fsp3) is 0.143. The first kappa shape index (κ1) is 7.15. The lowest BCUT2D eigenvalue weighted by Crippen LogP contribution is -1.96. The van der Waals surface area contributed by atoms with E-state index >= 15 is 0 Å². The molecule has 0 fully saturated rings. The highest BCUT2D eigenvalue weighted by Gasteiger charge is 1.92. The average molecular weight is 151 g/mol. The Morgan fingerprint density at radius 2 is 2.50 bits per heavy atom. The first-order valence-electron chi connectivity index (χ1n) is 2.89. The second kappa shape index (κ2) is 3.27. The quantitative estimate of drug-likeness (QED) is 0.513. The zero-order chi connectivity index (χ0) is 7.40. The van der Waals surface area contributed by atoms with Crippen LogP contribution in [0.15, 0.2) is 18.3 Å². The lowest BCUT2D eigenvalue weighted by molar-refractivity contribution is 1.27. The van der Waals surface area contributed by atoms with Gasteiger partial charge in [-0.3, -0.25) is 0 Å². The van der Waals surface area contributed by atoms with E-state index in [-0.39, 0.29) is 0 Å². The van der Waals surface area contributed by atoms with Gasteiger partial charge in [-0.2, -0.15) is 0 Å². The number of nitrogens with one attached hydrogen (secondary N) is 1. The topological polar surface area (TPSA) is 24.9 Å². The minimum atomic E-state index is 0.775. The van der Waals surface area contributed by atoms with Gasteiger partial charge in [-0.25, -0.2) is 4.98 Å². The summed E-state index contributed by atoms with van der Waals surface area (Å²) in [6, 6.07) is 3.84. The molecule has 1 aromatic rings. The molecule has 2 nitrogen and oxygen atoms in total. The van der Waals surface area contributed by atoms with Crippen LogP contribution in [-0.2, 0) is 0 Å². The fourth-order valence-electron chi connectivity index (χ4n) is 0.665. The summed E-state index contributed by atoms with van der Waals surface area (Å²) in [5.41, 5.74) is 3.46. The van der Waals surface area contributed by atoms with Crippen molar-refractivity contribution in [3.63, 3.8) is 0 Å². The van der Waals surface area contributed by atoms with Crippen LogP contribution >= 0.6 is 12.2 Å². The lowest BCUT2D eigenvalue weighted by atomic mass is 10.3. The second-order valence-electron chi connectivity index (χ2n) is 1.90. The van der Waals surface area contributed by atoms with Crippen LogP contribution in [0.4, 0.5) is 5.82 Å². The molecule has 0 unspecified atom stereocenters. The fourth-order valence-corrected chi connectivity index (χ4v) is 0.762.